The molecule has 2 heteroatoms. The van der Waals surface area contributed by atoms with Crippen molar-refractivity contribution in [2.75, 3.05) is 9.80 Å². The van der Waals surface area contributed by atoms with Crippen LogP contribution in [0, 0.1) is 0 Å². The van der Waals surface area contributed by atoms with E-state index in [0.717, 1.165) is 34.1 Å². The Kier molecular flexibility index (Phi) is 10.4. The number of hydrogen-bond acceptors (Lipinski definition) is 2. The Balaban J connectivity index is 1.10. The smallest absolute Gasteiger partial charge is 0.0642 e. The second kappa shape index (κ2) is 18.2. The molecule has 0 fully saturated rings. The number of fused-ring (bicyclic) bond motifs is 12. The van der Waals surface area contributed by atoms with Crippen LogP contribution >= 0.6 is 0 Å². The molecule has 80 heavy (non-hydrogen) atoms. The maximum atomic E-state index is 2.60. The summed E-state index contributed by atoms with van der Waals surface area (Å²) in [5.74, 6) is 0. The number of para-hydroxylation sites is 2. The van der Waals surface area contributed by atoms with Crippen LogP contribution in [0.2, 0.25) is 0 Å². The molecule has 2 atom stereocenters. The zero-order valence-corrected chi connectivity index (χ0v) is 43.9. The Bertz CT molecular complexity index is 4420. The molecule has 0 radical (unpaired) electrons. The molecule has 0 saturated carbocycles. The highest BCUT2D eigenvalue weighted by atomic mass is 15.2. The van der Waals surface area contributed by atoms with Crippen molar-refractivity contribution in [3.63, 3.8) is 0 Å². The Morgan fingerprint density at radius 2 is 0.537 bits per heavy atom. The summed E-state index contributed by atoms with van der Waals surface area (Å²) in [7, 11) is 0. The quantitative estimate of drug-likeness (QED) is 0.142. The number of benzene rings is 14. The van der Waals surface area contributed by atoms with Gasteiger partial charge in [0.1, 0.15) is 0 Å². The van der Waals surface area contributed by atoms with E-state index in [1.54, 1.807) is 0 Å². The molecule has 2 aliphatic carbocycles. The van der Waals surface area contributed by atoms with Gasteiger partial charge in [0.15, 0.2) is 0 Å². The Morgan fingerprint density at radius 1 is 0.212 bits per heavy atom. The Hall–Kier alpha value is -10.3. The van der Waals surface area contributed by atoms with Crippen LogP contribution in [0.1, 0.15) is 33.4 Å². The summed E-state index contributed by atoms with van der Waals surface area (Å²) in [5.41, 5.74) is 17.4. The molecular weight excluding hydrogens is 965 g/mol. The van der Waals surface area contributed by atoms with Crippen LogP contribution in [-0.4, -0.2) is 0 Å². The normalized spacial score (nSPS) is 15.8. The van der Waals surface area contributed by atoms with E-state index in [1.165, 1.54) is 98.7 Å². The van der Waals surface area contributed by atoms with Crippen LogP contribution in [0.3, 0.4) is 0 Å². The maximum Gasteiger partial charge on any atom is 0.0642 e. The van der Waals surface area contributed by atoms with E-state index < -0.39 is 10.8 Å². The van der Waals surface area contributed by atoms with E-state index in [9.17, 15) is 0 Å². The van der Waals surface area contributed by atoms with Gasteiger partial charge in [-0.1, -0.05) is 255 Å². The van der Waals surface area contributed by atoms with Gasteiger partial charge in [-0.2, -0.15) is 0 Å². The highest BCUT2D eigenvalue weighted by Gasteiger charge is 2.65. The maximum absolute atomic E-state index is 2.60. The molecule has 0 aromatic heterocycles. The van der Waals surface area contributed by atoms with E-state index >= 15 is 0 Å². The molecule has 374 valence electrons. The number of anilines is 6. The minimum Gasteiger partial charge on any atom is -0.310 e. The molecule has 2 unspecified atom stereocenters. The lowest BCUT2D eigenvalue weighted by molar-refractivity contribution is 0.438. The first-order valence-corrected chi connectivity index (χ1v) is 27.8. The van der Waals surface area contributed by atoms with E-state index in [0.29, 0.717) is 0 Å². The van der Waals surface area contributed by atoms with Crippen LogP contribution in [-0.2, 0) is 10.8 Å². The van der Waals surface area contributed by atoms with Gasteiger partial charge in [-0.3, -0.25) is 0 Å². The number of rotatable bonds is 9. The fourth-order valence-electron chi connectivity index (χ4n) is 14.5. The summed E-state index contributed by atoms with van der Waals surface area (Å²) < 4.78 is 0. The van der Waals surface area contributed by atoms with Crippen LogP contribution in [0.15, 0.2) is 315 Å². The van der Waals surface area contributed by atoms with Gasteiger partial charge >= 0.3 is 0 Å². The zero-order valence-electron chi connectivity index (χ0n) is 43.9. The second-order valence-electron chi connectivity index (χ2n) is 21.5. The Labute approximate surface area is 466 Å². The van der Waals surface area contributed by atoms with Gasteiger partial charge in [0.25, 0.3) is 0 Å². The van der Waals surface area contributed by atoms with Crippen molar-refractivity contribution in [2.24, 2.45) is 0 Å². The molecule has 0 amide bonds. The predicted molar refractivity (Wildman–Crippen MR) is 336 cm³/mol. The van der Waals surface area contributed by atoms with E-state index in [4.69, 9.17) is 0 Å². The summed E-state index contributed by atoms with van der Waals surface area (Å²) in [5, 5.41) is 9.61. The molecule has 0 saturated heterocycles. The third-order valence-electron chi connectivity index (χ3n) is 17.5. The van der Waals surface area contributed by atoms with Crippen molar-refractivity contribution in [3.05, 3.63) is 349 Å². The van der Waals surface area contributed by atoms with Crippen molar-refractivity contribution >= 4 is 77.2 Å². The van der Waals surface area contributed by atoms with Crippen molar-refractivity contribution in [3.8, 4) is 22.3 Å². The van der Waals surface area contributed by atoms with Gasteiger partial charge in [0.2, 0.25) is 0 Å². The lowest BCUT2D eigenvalue weighted by Crippen LogP contribution is -2.50. The van der Waals surface area contributed by atoms with Crippen LogP contribution in [0.4, 0.5) is 34.1 Å². The molecule has 16 rings (SSSR count). The molecular formula is C78H52N2. The van der Waals surface area contributed by atoms with Crippen LogP contribution in [0.25, 0.3) is 65.3 Å². The third kappa shape index (κ3) is 6.54. The molecule has 0 heterocycles. The van der Waals surface area contributed by atoms with Crippen LogP contribution in [0.5, 0.6) is 0 Å². The fraction of sp³-hybridized carbons (Fsp3) is 0.0256. The summed E-state index contributed by atoms with van der Waals surface area (Å²) in [6.07, 6.45) is 0. The zero-order chi connectivity index (χ0) is 52.8. The number of hydrogen-bond donors (Lipinski definition) is 0. The monoisotopic (exact) mass is 1020 g/mol. The SMILES string of the molecule is c1ccc(N(c2ccc3ccccc3c2)c2cc3c(c4ccccc24)-c2ccccc2C3(c2ccccc2)C2(c3ccccc3)c3ccccc3-c3c2cc(N(c2ccccc2)c2ccc4ccccc4c2)c2ccccc32)cc1. The average Bonchev–Trinajstić information content (AvgIpc) is 2.02. The first kappa shape index (κ1) is 45.9. The van der Waals surface area contributed by atoms with Gasteiger partial charge in [0.05, 0.1) is 22.2 Å². The van der Waals surface area contributed by atoms with Crippen molar-refractivity contribution in [1.82, 2.24) is 0 Å². The van der Waals surface area contributed by atoms with Crippen LogP contribution < -0.4 is 9.80 Å². The highest BCUT2D eigenvalue weighted by molar-refractivity contribution is 6.14. The summed E-state index contributed by atoms with van der Waals surface area (Å²) >= 11 is 0. The molecule has 2 aliphatic rings. The molecule has 0 aliphatic heterocycles. The van der Waals surface area contributed by atoms with Crippen molar-refractivity contribution < 1.29 is 0 Å². The highest BCUT2D eigenvalue weighted by Crippen LogP contribution is 2.72. The second-order valence-corrected chi connectivity index (χ2v) is 21.5. The molecule has 2 nitrogen and oxygen atoms in total. The summed E-state index contributed by atoms with van der Waals surface area (Å²) in [6, 6.07) is 119. The molecule has 14 aromatic carbocycles. The fourth-order valence-corrected chi connectivity index (χ4v) is 14.5. The minimum atomic E-state index is -0.895. The van der Waals surface area contributed by atoms with Gasteiger partial charge in [-0.25, -0.2) is 0 Å². The lowest BCUT2D eigenvalue weighted by Gasteiger charge is -2.51. The Morgan fingerprint density at radius 3 is 0.950 bits per heavy atom. The lowest BCUT2D eigenvalue weighted by atomic mass is 9.49. The predicted octanol–water partition coefficient (Wildman–Crippen LogP) is 20.6. The van der Waals surface area contributed by atoms with Gasteiger partial charge in [0, 0.05) is 33.5 Å². The number of nitrogens with zero attached hydrogens (tertiary/aromatic N) is 2. The van der Waals surface area contributed by atoms with Crippen molar-refractivity contribution in [2.45, 2.75) is 10.8 Å². The molecule has 14 aromatic rings. The first-order chi connectivity index (χ1) is 39.7. The molecule has 0 bridgehead atoms. The van der Waals surface area contributed by atoms with Gasteiger partial charge < -0.3 is 9.80 Å². The van der Waals surface area contributed by atoms with Crippen molar-refractivity contribution in [1.29, 1.82) is 0 Å². The minimum absolute atomic E-state index is 0.895. The average molecular weight is 1020 g/mol. The largest absolute Gasteiger partial charge is 0.310 e. The molecule has 0 N–H and O–H groups in total. The van der Waals surface area contributed by atoms with E-state index in [-0.39, 0.29) is 0 Å². The van der Waals surface area contributed by atoms with Gasteiger partial charge in [-0.05, 0) is 149 Å². The summed E-state index contributed by atoms with van der Waals surface area (Å²) in [4.78, 5) is 5.01. The molecule has 0 spiro atoms. The van der Waals surface area contributed by atoms with E-state index in [1.807, 2.05) is 0 Å². The standard InChI is InChI=1S/C78H52N2/c1-5-29-57(30-6-1)77(69-43-23-21-41-67(69)75-65-39-19-17-37-63(65)73(51-71(75)77)79(59-33-9-3-10-34-59)61-47-45-53-25-13-15-27-55(53)49-61)78(58-31-7-2-8-32-58)70-44-24-22-42-68(70)76-66-40-20-18-38-64(66)74(52-72(76)78)80(60-35-11-4-12-36-60)62-48-46-54-26-14-16-28-56(54)50-62/h1-52H. The van der Waals surface area contributed by atoms with E-state index in [2.05, 4.69) is 325 Å². The topological polar surface area (TPSA) is 6.48 Å². The first-order valence-electron chi connectivity index (χ1n) is 27.8. The summed E-state index contributed by atoms with van der Waals surface area (Å²) in [6.45, 7) is 0. The van der Waals surface area contributed by atoms with Gasteiger partial charge in [-0.15, -0.1) is 0 Å². The third-order valence-corrected chi connectivity index (χ3v) is 17.5.